The van der Waals surface area contributed by atoms with Crippen LogP contribution >= 0.6 is 12.2 Å². The Kier molecular flexibility index (Phi) is 2.99. The van der Waals surface area contributed by atoms with E-state index in [1.807, 2.05) is 13.0 Å². The molecule has 0 fully saturated rings. The molecule has 0 aliphatic rings. The lowest BCUT2D eigenvalue weighted by molar-refractivity contribution is 0.615. The third-order valence-corrected chi connectivity index (χ3v) is 3.43. The number of hydrogen-bond acceptors (Lipinski definition) is 2. The molecule has 0 saturated carbocycles. The summed E-state index contributed by atoms with van der Waals surface area (Å²) in [6.07, 6.45) is 0. The van der Waals surface area contributed by atoms with Crippen molar-refractivity contribution in [1.29, 1.82) is 0 Å². The molecule has 1 N–H and O–H groups in total. The number of halogens is 1. The summed E-state index contributed by atoms with van der Waals surface area (Å²) in [5, 5.41) is 0.488. The van der Waals surface area contributed by atoms with Gasteiger partial charge in [0.2, 0.25) is 0 Å². The van der Waals surface area contributed by atoms with Crippen LogP contribution in [0.5, 0.6) is 0 Å². The lowest BCUT2D eigenvalue weighted by Gasteiger charge is -2.09. The van der Waals surface area contributed by atoms with Gasteiger partial charge in [0.1, 0.15) is 5.82 Å². The topological polar surface area (TPSA) is 37.8 Å². The molecule has 100 valence electrons. The number of aromatic nitrogens is 2. The van der Waals surface area contributed by atoms with Gasteiger partial charge in [-0.05, 0) is 43.4 Å². The first-order valence-corrected chi connectivity index (χ1v) is 6.49. The van der Waals surface area contributed by atoms with Crippen LogP contribution in [0.4, 0.5) is 4.39 Å². The zero-order valence-electron chi connectivity index (χ0n) is 10.7. The zero-order chi connectivity index (χ0) is 14.3. The van der Waals surface area contributed by atoms with Crippen LogP contribution in [0.1, 0.15) is 5.56 Å². The fourth-order valence-electron chi connectivity index (χ4n) is 2.18. The summed E-state index contributed by atoms with van der Waals surface area (Å²) in [4.78, 5) is 15.5. The summed E-state index contributed by atoms with van der Waals surface area (Å²) >= 11 is 5.18. The van der Waals surface area contributed by atoms with Crippen molar-refractivity contribution in [1.82, 2.24) is 9.55 Å². The van der Waals surface area contributed by atoms with Crippen LogP contribution in [0.15, 0.2) is 47.3 Å². The largest absolute Gasteiger partial charge is 0.331 e. The molecular formula is C15H11FN2OS. The smallest absolute Gasteiger partial charge is 0.266 e. The molecule has 3 nitrogen and oxygen atoms in total. The highest BCUT2D eigenvalue weighted by Gasteiger charge is 2.10. The van der Waals surface area contributed by atoms with Crippen molar-refractivity contribution in [3.05, 3.63) is 69.0 Å². The van der Waals surface area contributed by atoms with Gasteiger partial charge in [-0.25, -0.2) is 8.96 Å². The van der Waals surface area contributed by atoms with E-state index >= 15 is 0 Å². The van der Waals surface area contributed by atoms with Crippen molar-refractivity contribution < 1.29 is 4.39 Å². The number of hydrogen-bond donors (Lipinski definition) is 1. The molecule has 1 aromatic heterocycles. The van der Waals surface area contributed by atoms with Crippen molar-refractivity contribution in [3.63, 3.8) is 0 Å². The van der Waals surface area contributed by atoms with E-state index in [4.69, 9.17) is 12.2 Å². The minimum atomic E-state index is -0.485. The van der Waals surface area contributed by atoms with Gasteiger partial charge >= 0.3 is 0 Å². The molecule has 2 aromatic carbocycles. The molecule has 1 heterocycles. The fraction of sp³-hybridized carbons (Fsp3) is 0.0667. The Morgan fingerprint density at radius 3 is 2.70 bits per heavy atom. The van der Waals surface area contributed by atoms with Crippen molar-refractivity contribution in [2.45, 2.75) is 6.92 Å². The molecule has 0 radical (unpaired) electrons. The molecule has 0 atom stereocenters. The minimum Gasteiger partial charge on any atom is -0.331 e. The van der Waals surface area contributed by atoms with Gasteiger partial charge in [0.25, 0.3) is 5.56 Å². The van der Waals surface area contributed by atoms with Crippen molar-refractivity contribution in [3.8, 4) is 5.69 Å². The Balaban J connectivity index is 2.46. The maximum absolute atomic E-state index is 13.9. The highest BCUT2D eigenvalue weighted by molar-refractivity contribution is 7.71. The second-order valence-corrected chi connectivity index (χ2v) is 4.96. The lowest BCUT2D eigenvalue weighted by Crippen LogP contribution is -2.21. The van der Waals surface area contributed by atoms with Gasteiger partial charge < -0.3 is 4.98 Å². The Bertz CT molecular complexity index is 927. The predicted octanol–water partition coefficient (Wildman–Crippen LogP) is 3.50. The second kappa shape index (κ2) is 4.68. The molecular weight excluding hydrogens is 275 g/mol. The molecule has 0 spiro atoms. The van der Waals surface area contributed by atoms with Crippen molar-refractivity contribution in [2.75, 3.05) is 0 Å². The molecule has 3 aromatic rings. The Labute approximate surface area is 119 Å². The molecule has 0 aliphatic heterocycles. The van der Waals surface area contributed by atoms with Crippen LogP contribution in [0.3, 0.4) is 0 Å². The molecule has 5 heteroatoms. The van der Waals surface area contributed by atoms with E-state index in [0.717, 1.165) is 5.56 Å². The highest BCUT2D eigenvalue weighted by Crippen LogP contribution is 2.14. The quantitative estimate of drug-likeness (QED) is 0.695. The van der Waals surface area contributed by atoms with Crippen LogP contribution in [-0.4, -0.2) is 9.55 Å². The minimum absolute atomic E-state index is 0.155. The van der Waals surface area contributed by atoms with Gasteiger partial charge in [-0.15, -0.1) is 0 Å². The summed E-state index contributed by atoms with van der Waals surface area (Å²) in [5.41, 5.74) is 1.44. The Hall–Kier alpha value is -2.27. The van der Waals surface area contributed by atoms with E-state index in [1.165, 1.54) is 16.7 Å². The first kappa shape index (κ1) is 12.7. The number of fused-ring (bicyclic) bond motifs is 1. The standard InChI is InChI=1S/C15H11FN2OS/c1-9-6-7-12-10(8-9)14(19)18(15(20)17-12)13-5-3-2-4-11(13)16/h2-8H,1H3,(H,17,20). The van der Waals surface area contributed by atoms with Gasteiger partial charge in [0.15, 0.2) is 4.77 Å². The molecule has 0 unspecified atom stereocenters. The maximum atomic E-state index is 13.9. The highest BCUT2D eigenvalue weighted by atomic mass is 32.1. The third-order valence-electron chi connectivity index (χ3n) is 3.15. The lowest BCUT2D eigenvalue weighted by atomic mass is 10.1. The summed E-state index contributed by atoms with van der Waals surface area (Å²) in [5.74, 6) is -0.485. The molecule has 0 bridgehead atoms. The zero-order valence-corrected chi connectivity index (χ0v) is 11.5. The third kappa shape index (κ3) is 1.96. The number of nitrogens with zero attached hydrogens (tertiary/aromatic N) is 1. The van der Waals surface area contributed by atoms with E-state index in [9.17, 15) is 9.18 Å². The van der Waals surface area contributed by atoms with E-state index < -0.39 is 5.82 Å². The number of H-pyrrole nitrogens is 1. The SMILES string of the molecule is Cc1ccc2[nH]c(=S)n(-c3ccccc3F)c(=O)c2c1. The van der Waals surface area contributed by atoms with E-state index in [-0.39, 0.29) is 16.0 Å². The summed E-state index contributed by atoms with van der Waals surface area (Å²) < 4.78 is 15.3. The second-order valence-electron chi connectivity index (χ2n) is 4.57. The summed E-state index contributed by atoms with van der Waals surface area (Å²) in [6.45, 7) is 1.90. The van der Waals surface area contributed by atoms with Crippen LogP contribution in [-0.2, 0) is 0 Å². The normalized spacial score (nSPS) is 10.9. The van der Waals surface area contributed by atoms with Gasteiger partial charge in [-0.2, -0.15) is 0 Å². The first-order chi connectivity index (χ1) is 9.58. The molecule has 0 saturated heterocycles. The van der Waals surface area contributed by atoms with Gasteiger partial charge in [0, 0.05) is 0 Å². The van der Waals surface area contributed by atoms with Crippen molar-refractivity contribution >= 4 is 23.1 Å². The summed E-state index contributed by atoms with van der Waals surface area (Å²) in [7, 11) is 0. The fourth-order valence-corrected chi connectivity index (χ4v) is 2.47. The molecule has 0 aliphatic carbocycles. The van der Waals surface area contributed by atoms with E-state index in [0.29, 0.717) is 10.9 Å². The van der Waals surface area contributed by atoms with Crippen molar-refractivity contribution in [2.24, 2.45) is 0 Å². The van der Waals surface area contributed by atoms with Gasteiger partial charge in [-0.1, -0.05) is 23.8 Å². The van der Waals surface area contributed by atoms with Crippen LogP contribution < -0.4 is 5.56 Å². The monoisotopic (exact) mass is 286 g/mol. The van der Waals surface area contributed by atoms with Crippen LogP contribution in [0, 0.1) is 17.5 Å². The maximum Gasteiger partial charge on any atom is 0.266 e. The molecule has 20 heavy (non-hydrogen) atoms. The summed E-state index contributed by atoms with van der Waals surface area (Å²) in [6, 6.07) is 11.5. The van der Waals surface area contributed by atoms with E-state index in [1.54, 1.807) is 24.3 Å². The number of aromatic amines is 1. The average molecular weight is 286 g/mol. The van der Waals surface area contributed by atoms with Gasteiger partial charge in [-0.3, -0.25) is 4.79 Å². The number of benzene rings is 2. The van der Waals surface area contributed by atoms with Crippen LogP contribution in [0.2, 0.25) is 0 Å². The first-order valence-electron chi connectivity index (χ1n) is 6.08. The average Bonchev–Trinajstić information content (AvgIpc) is 2.42. The Morgan fingerprint density at radius 1 is 1.20 bits per heavy atom. The molecule has 0 amide bonds. The van der Waals surface area contributed by atoms with E-state index in [2.05, 4.69) is 4.98 Å². The number of aryl methyl sites for hydroxylation is 1. The van der Waals surface area contributed by atoms with Gasteiger partial charge in [0.05, 0.1) is 16.6 Å². The Morgan fingerprint density at radius 2 is 1.95 bits per heavy atom. The molecule has 3 rings (SSSR count). The number of rotatable bonds is 1. The number of nitrogens with one attached hydrogen (secondary N) is 1. The van der Waals surface area contributed by atoms with Crippen LogP contribution in [0.25, 0.3) is 16.6 Å². The number of para-hydroxylation sites is 1. The predicted molar refractivity (Wildman–Crippen MR) is 79.4 cm³/mol.